The van der Waals surface area contributed by atoms with Gasteiger partial charge in [0.25, 0.3) is 0 Å². The average Bonchev–Trinajstić information content (AvgIpc) is 3.05. The fourth-order valence-corrected chi connectivity index (χ4v) is 3.44. The molecule has 0 aromatic carbocycles. The molecular formula is C18H21FN6. The molecule has 0 unspecified atom stereocenters. The second-order valence-electron chi connectivity index (χ2n) is 6.64. The van der Waals surface area contributed by atoms with Crippen molar-refractivity contribution in [3.8, 4) is 11.4 Å². The Labute approximate surface area is 145 Å². The van der Waals surface area contributed by atoms with E-state index in [-0.39, 0.29) is 5.82 Å². The first-order chi connectivity index (χ1) is 12.2. The van der Waals surface area contributed by atoms with Crippen LogP contribution in [0.25, 0.3) is 22.4 Å². The summed E-state index contributed by atoms with van der Waals surface area (Å²) in [6, 6.07) is 3.81. The predicted molar refractivity (Wildman–Crippen MR) is 95.8 cm³/mol. The van der Waals surface area contributed by atoms with E-state index in [1.807, 2.05) is 18.3 Å². The second kappa shape index (κ2) is 6.76. The molecular weight excluding hydrogens is 319 g/mol. The van der Waals surface area contributed by atoms with Crippen molar-refractivity contribution in [3.63, 3.8) is 0 Å². The number of nitrogens with zero attached hydrogens (tertiary/aromatic N) is 4. The Morgan fingerprint density at radius 2 is 2.32 bits per heavy atom. The molecule has 0 spiro atoms. The maximum Gasteiger partial charge on any atom is 0.183 e. The van der Waals surface area contributed by atoms with Crippen LogP contribution in [0.1, 0.15) is 12.8 Å². The molecule has 0 saturated carbocycles. The van der Waals surface area contributed by atoms with Crippen LogP contribution in [0, 0.1) is 11.7 Å². The van der Waals surface area contributed by atoms with Crippen LogP contribution in [0.4, 0.5) is 10.2 Å². The molecule has 1 fully saturated rings. The largest absolute Gasteiger partial charge is 0.367 e. The quantitative estimate of drug-likeness (QED) is 0.764. The molecule has 0 bridgehead atoms. The minimum atomic E-state index is -0.425. The molecule has 0 amide bonds. The Balaban J connectivity index is 1.56. The smallest absolute Gasteiger partial charge is 0.183 e. The molecule has 6 nitrogen and oxygen atoms in total. The standard InChI is InChI=1S/C18H21FN6/c1-25-7-3-4-12(11-25)8-21-18-15(19)10-23-17(24-18)14-9-22-16-13(14)5-2-6-20-16/h2,5-6,9-10,12H,3-4,7-8,11H2,1H3,(H,20,22)(H,21,23,24)/t12-/m1/s1. The summed E-state index contributed by atoms with van der Waals surface area (Å²) in [7, 11) is 2.13. The molecule has 1 aliphatic heterocycles. The number of nitrogens with one attached hydrogen (secondary N) is 2. The van der Waals surface area contributed by atoms with E-state index in [4.69, 9.17) is 0 Å². The van der Waals surface area contributed by atoms with Crippen LogP contribution >= 0.6 is 0 Å². The third kappa shape index (κ3) is 3.32. The minimum Gasteiger partial charge on any atom is -0.367 e. The number of H-pyrrole nitrogens is 1. The molecule has 1 atom stereocenters. The van der Waals surface area contributed by atoms with Gasteiger partial charge in [-0.25, -0.2) is 19.3 Å². The summed E-state index contributed by atoms with van der Waals surface area (Å²) in [5, 5.41) is 4.10. The van der Waals surface area contributed by atoms with Gasteiger partial charge >= 0.3 is 0 Å². The summed E-state index contributed by atoms with van der Waals surface area (Å²) >= 11 is 0. The maximum absolute atomic E-state index is 14.1. The summed E-state index contributed by atoms with van der Waals surface area (Å²) in [6.07, 6.45) is 7.10. The zero-order valence-corrected chi connectivity index (χ0v) is 14.2. The van der Waals surface area contributed by atoms with Crippen molar-refractivity contribution in [1.29, 1.82) is 0 Å². The van der Waals surface area contributed by atoms with Gasteiger partial charge in [0.2, 0.25) is 0 Å². The molecule has 25 heavy (non-hydrogen) atoms. The van der Waals surface area contributed by atoms with Gasteiger partial charge in [-0.05, 0) is 44.5 Å². The predicted octanol–water partition coefficient (Wildman–Crippen LogP) is 2.91. The summed E-state index contributed by atoms with van der Waals surface area (Å²) < 4.78 is 14.1. The van der Waals surface area contributed by atoms with Crippen LogP contribution in [-0.4, -0.2) is 51.5 Å². The highest BCUT2D eigenvalue weighted by molar-refractivity contribution is 5.91. The molecule has 7 heteroatoms. The van der Waals surface area contributed by atoms with Gasteiger partial charge < -0.3 is 15.2 Å². The number of rotatable bonds is 4. The lowest BCUT2D eigenvalue weighted by Gasteiger charge is -2.29. The summed E-state index contributed by atoms with van der Waals surface area (Å²) in [4.78, 5) is 18.2. The lowest BCUT2D eigenvalue weighted by Crippen LogP contribution is -2.35. The van der Waals surface area contributed by atoms with Crippen LogP contribution < -0.4 is 5.32 Å². The maximum atomic E-state index is 14.1. The van der Waals surface area contributed by atoms with E-state index < -0.39 is 5.82 Å². The van der Waals surface area contributed by atoms with Gasteiger partial charge in [-0.2, -0.15) is 0 Å². The van der Waals surface area contributed by atoms with Crippen molar-refractivity contribution in [1.82, 2.24) is 24.8 Å². The molecule has 4 rings (SSSR count). The minimum absolute atomic E-state index is 0.261. The number of hydrogen-bond acceptors (Lipinski definition) is 5. The Bertz CT molecular complexity index is 877. The van der Waals surface area contributed by atoms with Crippen molar-refractivity contribution >= 4 is 16.9 Å². The van der Waals surface area contributed by atoms with Crippen LogP contribution in [0.3, 0.4) is 0 Å². The van der Waals surface area contributed by atoms with E-state index in [1.165, 1.54) is 12.6 Å². The zero-order valence-electron chi connectivity index (χ0n) is 14.2. The number of halogens is 1. The Hall–Kier alpha value is -2.54. The van der Waals surface area contributed by atoms with E-state index in [0.717, 1.165) is 36.1 Å². The Kier molecular flexibility index (Phi) is 4.31. The van der Waals surface area contributed by atoms with Gasteiger partial charge in [-0.3, -0.25) is 0 Å². The van der Waals surface area contributed by atoms with Crippen LogP contribution in [0.5, 0.6) is 0 Å². The first-order valence-corrected chi connectivity index (χ1v) is 8.58. The molecule has 1 aliphatic rings. The van der Waals surface area contributed by atoms with Gasteiger partial charge in [-0.1, -0.05) is 0 Å². The lowest BCUT2D eigenvalue weighted by atomic mass is 9.98. The van der Waals surface area contributed by atoms with Gasteiger partial charge in [0, 0.05) is 36.4 Å². The van der Waals surface area contributed by atoms with Gasteiger partial charge in [0.1, 0.15) is 5.65 Å². The first-order valence-electron chi connectivity index (χ1n) is 8.58. The molecule has 4 heterocycles. The number of aromatic nitrogens is 4. The van der Waals surface area contributed by atoms with E-state index in [0.29, 0.717) is 18.3 Å². The average molecular weight is 340 g/mol. The summed E-state index contributed by atoms with van der Waals surface area (Å²) in [5.74, 6) is 0.833. The number of likely N-dealkylation sites (tertiary alicyclic amines) is 1. The molecule has 3 aromatic heterocycles. The van der Waals surface area contributed by atoms with Crippen molar-refractivity contribution < 1.29 is 4.39 Å². The third-order valence-electron chi connectivity index (χ3n) is 4.72. The van der Waals surface area contributed by atoms with Crippen molar-refractivity contribution in [2.45, 2.75) is 12.8 Å². The summed E-state index contributed by atoms with van der Waals surface area (Å²) in [6.45, 7) is 2.88. The fourth-order valence-electron chi connectivity index (χ4n) is 3.44. The molecule has 3 aromatic rings. The van der Waals surface area contributed by atoms with Crippen LogP contribution in [0.15, 0.2) is 30.7 Å². The Morgan fingerprint density at radius 3 is 3.20 bits per heavy atom. The molecule has 0 aliphatic carbocycles. The van der Waals surface area contributed by atoms with Crippen LogP contribution in [0.2, 0.25) is 0 Å². The van der Waals surface area contributed by atoms with Crippen molar-refractivity contribution in [3.05, 3.63) is 36.5 Å². The lowest BCUT2D eigenvalue weighted by molar-refractivity contribution is 0.217. The van der Waals surface area contributed by atoms with Crippen LogP contribution in [-0.2, 0) is 0 Å². The number of anilines is 1. The Morgan fingerprint density at radius 1 is 1.40 bits per heavy atom. The third-order valence-corrected chi connectivity index (χ3v) is 4.72. The topological polar surface area (TPSA) is 69.7 Å². The monoisotopic (exact) mass is 340 g/mol. The highest BCUT2D eigenvalue weighted by Crippen LogP contribution is 2.26. The molecule has 0 radical (unpaired) electrons. The number of hydrogen-bond donors (Lipinski definition) is 2. The van der Waals surface area contributed by atoms with Crippen molar-refractivity contribution in [2.24, 2.45) is 5.92 Å². The summed E-state index contributed by atoms with van der Waals surface area (Å²) in [5.41, 5.74) is 1.59. The van der Waals surface area contributed by atoms with E-state index in [2.05, 4.69) is 37.2 Å². The first kappa shape index (κ1) is 16.0. The SMILES string of the molecule is CN1CCC[C@H](CNc2nc(-c3c[nH]c4ncccc34)ncc2F)C1. The normalized spacial score (nSPS) is 18.6. The fraction of sp³-hybridized carbons (Fsp3) is 0.389. The number of aromatic amines is 1. The van der Waals surface area contributed by atoms with Gasteiger partial charge in [-0.15, -0.1) is 0 Å². The number of pyridine rings is 1. The van der Waals surface area contributed by atoms with Crippen molar-refractivity contribution in [2.75, 3.05) is 32.0 Å². The highest BCUT2D eigenvalue weighted by atomic mass is 19.1. The van der Waals surface area contributed by atoms with Gasteiger partial charge in [0.15, 0.2) is 17.5 Å². The molecule has 130 valence electrons. The molecule has 1 saturated heterocycles. The van der Waals surface area contributed by atoms with Gasteiger partial charge in [0.05, 0.1) is 6.20 Å². The van der Waals surface area contributed by atoms with E-state index in [1.54, 1.807) is 6.20 Å². The second-order valence-corrected chi connectivity index (χ2v) is 6.64. The number of fused-ring (bicyclic) bond motifs is 1. The highest BCUT2D eigenvalue weighted by Gasteiger charge is 2.18. The van der Waals surface area contributed by atoms with E-state index >= 15 is 0 Å². The zero-order chi connectivity index (χ0) is 17.2. The number of piperidine rings is 1. The molecule has 2 N–H and O–H groups in total. The van der Waals surface area contributed by atoms with E-state index in [9.17, 15) is 4.39 Å².